The van der Waals surface area contributed by atoms with E-state index in [0.29, 0.717) is 30.0 Å². The van der Waals surface area contributed by atoms with Crippen LogP contribution in [-0.4, -0.2) is 62.4 Å². The zero-order valence-electron chi connectivity index (χ0n) is 27.1. The number of anilines is 2. The smallest absolute Gasteiger partial charge is 0.293 e. The Morgan fingerprint density at radius 1 is 0.894 bits per heavy atom. The molecule has 5 saturated carbocycles. The topological polar surface area (TPSA) is 125 Å². The number of amides is 1. The molecule has 11 heteroatoms. The van der Waals surface area contributed by atoms with Gasteiger partial charge in [0, 0.05) is 55.6 Å². The van der Waals surface area contributed by atoms with Gasteiger partial charge in [0.25, 0.3) is 21.6 Å². The van der Waals surface area contributed by atoms with Gasteiger partial charge in [-0.3, -0.25) is 19.8 Å². The van der Waals surface area contributed by atoms with Crippen molar-refractivity contribution < 1.29 is 18.1 Å². The lowest BCUT2D eigenvalue weighted by atomic mass is 9.49. The van der Waals surface area contributed by atoms with Crippen molar-refractivity contribution in [3.8, 4) is 0 Å². The summed E-state index contributed by atoms with van der Waals surface area (Å²) in [5.74, 6) is 2.60. The van der Waals surface area contributed by atoms with Crippen LogP contribution in [-0.2, 0) is 10.0 Å². The number of hydrogen-bond acceptors (Lipinski definition) is 8. The second-order valence-electron chi connectivity index (χ2n) is 15.8. The molecule has 2 N–H and O–H groups in total. The van der Waals surface area contributed by atoms with Crippen molar-refractivity contribution in [2.45, 2.75) is 94.0 Å². The van der Waals surface area contributed by atoms with Crippen LogP contribution in [0, 0.1) is 39.2 Å². The molecule has 2 saturated heterocycles. The summed E-state index contributed by atoms with van der Waals surface area (Å²) >= 11 is 0. The van der Waals surface area contributed by atoms with E-state index < -0.39 is 20.9 Å². The van der Waals surface area contributed by atoms with E-state index in [1.807, 2.05) is 12.1 Å². The van der Waals surface area contributed by atoms with Gasteiger partial charge < -0.3 is 10.2 Å². The maximum atomic E-state index is 13.1. The van der Waals surface area contributed by atoms with Gasteiger partial charge in [0.05, 0.1) is 9.82 Å². The van der Waals surface area contributed by atoms with Crippen LogP contribution in [0.5, 0.6) is 0 Å². The molecule has 2 aromatic carbocycles. The van der Waals surface area contributed by atoms with E-state index in [0.717, 1.165) is 68.3 Å². The molecule has 2 aromatic rings. The van der Waals surface area contributed by atoms with Gasteiger partial charge in [0.15, 0.2) is 0 Å². The predicted molar refractivity (Wildman–Crippen MR) is 181 cm³/mol. The quantitative estimate of drug-likeness (QED) is 0.228. The minimum atomic E-state index is -4.32. The summed E-state index contributed by atoms with van der Waals surface area (Å²) in [6.45, 7) is 3.95. The molecule has 0 unspecified atom stereocenters. The van der Waals surface area contributed by atoms with E-state index in [1.165, 1.54) is 70.0 Å². The van der Waals surface area contributed by atoms with Crippen LogP contribution in [0.1, 0.15) is 87.4 Å². The Labute approximate surface area is 277 Å². The van der Waals surface area contributed by atoms with Crippen LogP contribution in [0.2, 0.25) is 0 Å². The lowest BCUT2D eigenvalue weighted by Gasteiger charge is -2.58. The minimum Gasteiger partial charge on any atom is -0.379 e. The van der Waals surface area contributed by atoms with Gasteiger partial charge in [0.2, 0.25) is 0 Å². The number of nitrogens with one attached hydrogen (secondary N) is 2. The monoisotopic (exact) mass is 661 g/mol. The van der Waals surface area contributed by atoms with Crippen LogP contribution in [0.4, 0.5) is 17.1 Å². The molecule has 0 spiro atoms. The van der Waals surface area contributed by atoms with Gasteiger partial charge in [-0.1, -0.05) is 19.3 Å². The third-order valence-electron chi connectivity index (χ3n) is 12.5. The molecular formula is C36H47N5O5S. The highest BCUT2D eigenvalue weighted by atomic mass is 32.2. The Morgan fingerprint density at radius 2 is 1.57 bits per heavy atom. The Morgan fingerprint density at radius 3 is 2.19 bits per heavy atom. The number of hydrogen-bond donors (Lipinski definition) is 2. The zero-order chi connectivity index (χ0) is 32.3. The van der Waals surface area contributed by atoms with Gasteiger partial charge in [0.1, 0.15) is 5.69 Å². The van der Waals surface area contributed by atoms with Crippen molar-refractivity contribution in [2.24, 2.45) is 29.1 Å². The molecule has 9 rings (SSSR count). The lowest BCUT2D eigenvalue weighted by Crippen LogP contribution is -2.55. The summed E-state index contributed by atoms with van der Waals surface area (Å²) in [6, 6.07) is 11.9. The molecule has 2 atom stereocenters. The van der Waals surface area contributed by atoms with Crippen molar-refractivity contribution in [1.29, 1.82) is 0 Å². The van der Waals surface area contributed by atoms with Crippen LogP contribution >= 0.6 is 0 Å². The Hall–Kier alpha value is -3.18. The molecule has 6 bridgehead atoms. The number of nitrogens with zero attached hydrogens (tertiary/aromatic N) is 3. The highest BCUT2D eigenvalue weighted by Crippen LogP contribution is 2.60. The van der Waals surface area contributed by atoms with Gasteiger partial charge in [-0.15, -0.1) is 0 Å². The number of likely N-dealkylation sites (tertiary alicyclic amines) is 1. The van der Waals surface area contributed by atoms with Crippen LogP contribution < -0.4 is 14.9 Å². The van der Waals surface area contributed by atoms with E-state index >= 15 is 0 Å². The second kappa shape index (κ2) is 12.1. The standard InChI is InChI=1S/C36H47N5O5S/c42-35(38-47(45,46)32-10-11-33(34(16-32)41(43)44)37-20-24-4-2-1-3-5-24)28-6-8-29(9-7-28)40-22-30-15-31(40)21-39(30)23-36-17-25-12-26(18-36)14-27(13-25)19-36/h6-11,16,24-27,30-31,37H,1-5,12-15,17-23H2,(H,38,42)/t25?,26?,27?,30-,31+,36?/m0/s1. The summed E-state index contributed by atoms with van der Waals surface area (Å²) in [5, 5.41) is 15.0. The van der Waals surface area contributed by atoms with Crippen LogP contribution in [0.25, 0.3) is 0 Å². The number of rotatable bonds is 10. The van der Waals surface area contributed by atoms with E-state index in [4.69, 9.17) is 0 Å². The zero-order valence-corrected chi connectivity index (χ0v) is 27.9. The number of sulfonamides is 1. The van der Waals surface area contributed by atoms with Gasteiger partial charge in [-0.05, 0) is 123 Å². The number of benzene rings is 2. The van der Waals surface area contributed by atoms with E-state index in [9.17, 15) is 23.3 Å². The SMILES string of the molecule is O=C(NS(=O)(=O)c1ccc(NCC2CCCCC2)c([N+](=O)[O-])c1)c1ccc(N2C[C@@H]3C[C@@H]2CN3CC23CC4CC(CC(C4)C2)C3)cc1. The Kier molecular flexibility index (Phi) is 7.98. The van der Waals surface area contributed by atoms with E-state index in [-0.39, 0.29) is 21.8 Å². The molecule has 10 nitrogen and oxygen atoms in total. The minimum absolute atomic E-state index is 0.227. The average molecular weight is 662 g/mol. The number of piperazine rings is 1. The molecule has 47 heavy (non-hydrogen) atoms. The normalized spacial score (nSPS) is 31.7. The van der Waals surface area contributed by atoms with E-state index in [2.05, 4.69) is 19.8 Å². The first-order chi connectivity index (χ1) is 22.6. The molecule has 7 aliphatic rings. The number of carbonyl (C=O) groups is 1. The first-order valence-corrected chi connectivity index (χ1v) is 19.3. The molecular weight excluding hydrogens is 614 g/mol. The molecule has 0 aromatic heterocycles. The first kappa shape index (κ1) is 31.1. The fraction of sp³-hybridized carbons (Fsp3) is 0.639. The molecule has 5 aliphatic carbocycles. The summed E-state index contributed by atoms with van der Waals surface area (Å²) in [7, 11) is -4.32. The number of nitro benzene ring substituents is 1. The fourth-order valence-corrected chi connectivity index (χ4v) is 11.8. The summed E-state index contributed by atoms with van der Waals surface area (Å²) in [4.78, 5) is 29.2. The molecule has 0 radical (unpaired) electrons. The van der Waals surface area contributed by atoms with Gasteiger partial charge >= 0.3 is 0 Å². The van der Waals surface area contributed by atoms with Crippen molar-refractivity contribution in [3.63, 3.8) is 0 Å². The maximum absolute atomic E-state index is 13.1. The fourth-order valence-electron chi connectivity index (χ4n) is 10.8. The van der Waals surface area contributed by atoms with Crippen molar-refractivity contribution >= 4 is 33.0 Å². The van der Waals surface area contributed by atoms with Gasteiger partial charge in [-0.25, -0.2) is 13.1 Å². The number of nitro groups is 1. The maximum Gasteiger partial charge on any atom is 0.293 e. The van der Waals surface area contributed by atoms with E-state index in [1.54, 1.807) is 12.1 Å². The molecule has 252 valence electrons. The van der Waals surface area contributed by atoms with Crippen LogP contribution in [0.3, 0.4) is 0 Å². The van der Waals surface area contributed by atoms with Crippen LogP contribution in [0.15, 0.2) is 47.4 Å². The highest BCUT2D eigenvalue weighted by molar-refractivity contribution is 7.90. The largest absolute Gasteiger partial charge is 0.379 e. The summed E-state index contributed by atoms with van der Waals surface area (Å²) in [6.07, 6.45) is 15.6. The summed E-state index contributed by atoms with van der Waals surface area (Å²) in [5.41, 5.74) is 1.80. The van der Waals surface area contributed by atoms with Crippen molar-refractivity contribution in [1.82, 2.24) is 9.62 Å². The first-order valence-electron chi connectivity index (χ1n) is 17.8. The van der Waals surface area contributed by atoms with Crippen molar-refractivity contribution in [3.05, 3.63) is 58.1 Å². The predicted octanol–water partition coefficient (Wildman–Crippen LogP) is 6.19. The average Bonchev–Trinajstić information content (AvgIpc) is 3.64. The summed E-state index contributed by atoms with van der Waals surface area (Å²) < 4.78 is 28.4. The molecule has 7 fully saturated rings. The number of carbonyl (C=O) groups excluding carboxylic acids is 1. The number of fused-ring (bicyclic) bond motifs is 2. The van der Waals surface area contributed by atoms with Gasteiger partial charge in [-0.2, -0.15) is 0 Å². The highest BCUT2D eigenvalue weighted by Gasteiger charge is 2.53. The Bertz CT molecular complexity index is 1600. The second-order valence-corrected chi connectivity index (χ2v) is 17.5. The molecule has 2 heterocycles. The Balaban J connectivity index is 0.880. The third-order valence-corrected chi connectivity index (χ3v) is 13.9. The van der Waals surface area contributed by atoms with Crippen molar-refractivity contribution in [2.75, 3.05) is 36.4 Å². The third kappa shape index (κ3) is 6.14. The molecule has 1 amide bonds. The molecule has 2 aliphatic heterocycles. The lowest BCUT2D eigenvalue weighted by molar-refractivity contribution is -0.384.